The third-order valence-corrected chi connectivity index (χ3v) is 4.69. The summed E-state index contributed by atoms with van der Waals surface area (Å²) in [5, 5.41) is 11.3. The maximum absolute atomic E-state index is 12.5. The molecule has 0 bridgehead atoms. The number of carbonyl (C=O) groups excluding carboxylic acids is 1. The van der Waals surface area contributed by atoms with E-state index < -0.39 is 11.2 Å². The van der Waals surface area contributed by atoms with Crippen molar-refractivity contribution in [2.75, 3.05) is 6.54 Å². The molecule has 1 aliphatic heterocycles. The average Bonchev–Trinajstić information content (AvgIpc) is 3.04. The van der Waals surface area contributed by atoms with E-state index in [0.29, 0.717) is 13.0 Å². The molecule has 4 nitrogen and oxygen atoms in total. The van der Waals surface area contributed by atoms with Gasteiger partial charge in [-0.2, -0.15) is 0 Å². The van der Waals surface area contributed by atoms with E-state index in [9.17, 15) is 9.90 Å². The summed E-state index contributed by atoms with van der Waals surface area (Å²) in [7, 11) is 0. The van der Waals surface area contributed by atoms with Gasteiger partial charge in [-0.25, -0.2) is 4.79 Å². The first-order valence-electron chi connectivity index (χ1n) is 8.12. The van der Waals surface area contributed by atoms with Crippen LogP contribution in [0.15, 0.2) is 24.3 Å². The molecule has 2 unspecified atom stereocenters. The third-order valence-electron chi connectivity index (χ3n) is 4.69. The summed E-state index contributed by atoms with van der Waals surface area (Å²) in [5.41, 5.74) is 0.723. The summed E-state index contributed by atoms with van der Waals surface area (Å²) in [4.78, 5) is 14.2. The largest absolute Gasteiger partial charge is 0.444 e. The SMILES string of the molecule is CC(C)(C)OC(=O)N1CCCC1C1(O)CCc2ccccc21. The molecule has 1 fully saturated rings. The van der Waals surface area contributed by atoms with Crippen LogP contribution in [-0.4, -0.2) is 34.3 Å². The van der Waals surface area contributed by atoms with Gasteiger partial charge in [-0.1, -0.05) is 24.3 Å². The quantitative estimate of drug-likeness (QED) is 0.866. The van der Waals surface area contributed by atoms with Crippen molar-refractivity contribution in [2.24, 2.45) is 0 Å². The second-order valence-corrected chi connectivity index (χ2v) is 7.41. The highest BCUT2D eigenvalue weighted by Gasteiger charge is 2.49. The van der Waals surface area contributed by atoms with Crippen molar-refractivity contribution in [2.45, 2.75) is 63.7 Å². The van der Waals surface area contributed by atoms with E-state index in [1.54, 1.807) is 4.90 Å². The molecule has 0 aromatic heterocycles. The lowest BCUT2D eigenvalue weighted by Gasteiger charge is -2.37. The van der Waals surface area contributed by atoms with Crippen LogP contribution in [0.4, 0.5) is 4.79 Å². The lowest BCUT2D eigenvalue weighted by atomic mass is 9.86. The van der Waals surface area contributed by atoms with Crippen molar-refractivity contribution in [3.05, 3.63) is 35.4 Å². The smallest absolute Gasteiger partial charge is 0.410 e. The van der Waals surface area contributed by atoms with Gasteiger partial charge < -0.3 is 14.7 Å². The predicted octanol–water partition coefficient (Wildman–Crippen LogP) is 3.22. The molecule has 0 radical (unpaired) electrons. The van der Waals surface area contributed by atoms with Crippen LogP contribution in [0.5, 0.6) is 0 Å². The van der Waals surface area contributed by atoms with Crippen molar-refractivity contribution in [3.8, 4) is 0 Å². The number of hydrogen-bond acceptors (Lipinski definition) is 3. The van der Waals surface area contributed by atoms with Gasteiger partial charge in [0.05, 0.1) is 6.04 Å². The van der Waals surface area contributed by atoms with Crippen molar-refractivity contribution >= 4 is 6.09 Å². The zero-order chi connectivity index (χ0) is 16.0. The Bertz CT molecular complexity index is 578. The van der Waals surface area contributed by atoms with Gasteiger partial charge in [-0.3, -0.25) is 0 Å². The van der Waals surface area contributed by atoms with Crippen LogP contribution in [-0.2, 0) is 16.8 Å². The van der Waals surface area contributed by atoms with Gasteiger partial charge in [0, 0.05) is 6.54 Å². The van der Waals surface area contributed by atoms with Gasteiger partial charge in [0.15, 0.2) is 0 Å². The van der Waals surface area contributed by atoms with Gasteiger partial charge in [0.25, 0.3) is 0 Å². The molecule has 2 aliphatic rings. The first-order valence-corrected chi connectivity index (χ1v) is 8.12. The number of fused-ring (bicyclic) bond motifs is 1. The fourth-order valence-electron chi connectivity index (χ4n) is 3.77. The van der Waals surface area contributed by atoms with Crippen molar-refractivity contribution in [3.63, 3.8) is 0 Å². The Balaban J connectivity index is 1.86. The average molecular weight is 303 g/mol. The highest BCUT2D eigenvalue weighted by molar-refractivity contribution is 5.69. The molecule has 1 aromatic carbocycles. The second kappa shape index (κ2) is 5.27. The van der Waals surface area contributed by atoms with Gasteiger partial charge in [-0.15, -0.1) is 0 Å². The highest BCUT2D eigenvalue weighted by Crippen LogP contribution is 2.44. The Kier molecular flexibility index (Phi) is 3.68. The molecular formula is C18H25NO3. The standard InChI is InChI=1S/C18H25NO3/c1-17(2,3)22-16(20)19-12-6-9-15(19)18(21)11-10-13-7-4-5-8-14(13)18/h4-5,7-8,15,21H,6,9-12H2,1-3H3. The molecule has 1 N–H and O–H groups in total. The van der Waals surface area contributed by atoms with Crippen molar-refractivity contribution < 1.29 is 14.6 Å². The maximum atomic E-state index is 12.5. The van der Waals surface area contributed by atoms with Crippen LogP contribution in [0.1, 0.15) is 51.2 Å². The Morgan fingerprint density at radius 2 is 2.09 bits per heavy atom. The molecule has 2 atom stereocenters. The highest BCUT2D eigenvalue weighted by atomic mass is 16.6. The van der Waals surface area contributed by atoms with Gasteiger partial charge in [0.1, 0.15) is 11.2 Å². The summed E-state index contributed by atoms with van der Waals surface area (Å²) >= 11 is 0. The molecule has 1 aliphatic carbocycles. The van der Waals surface area contributed by atoms with Crippen LogP contribution in [0.3, 0.4) is 0 Å². The van der Waals surface area contributed by atoms with E-state index in [1.807, 2.05) is 39.0 Å². The van der Waals surface area contributed by atoms with E-state index in [0.717, 1.165) is 24.8 Å². The molecule has 1 aromatic rings. The minimum Gasteiger partial charge on any atom is -0.444 e. The second-order valence-electron chi connectivity index (χ2n) is 7.41. The zero-order valence-corrected chi connectivity index (χ0v) is 13.6. The third kappa shape index (κ3) is 2.60. The number of aliphatic hydroxyl groups is 1. The predicted molar refractivity (Wildman–Crippen MR) is 84.6 cm³/mol. The van der Waals surface area contributed by atoms with Crippen LogP contribution in [0.25, 0.3) is 0 Å². The maximum Gasteiger partial charge on any atom is 0.410 e. The summed E-state index contributed by atoms with van der Waals surface area (Å²) in [6.45, 7) is 6.27. The van der Waals surface area contributed by atoms with Crippen LogP contribution < -0.4 is 0 Å². The molecule has 3 rings (SSSR count). The number of hydrogen-bond donors (Lipinski definition) is 1. The van der Waals surface area contributed by atoms with Crippen LogP contribution >= 0.6 is 0 Å². The van der Waals surface area contributed by atoms with Crippen LogP contribution in [0.2, 0.25) is 0 Å². The number of rotatable bonds is 1. The minimum absolute atomic E-state index is 0.189. The summed E-state index contributed by atoms with van der Waals surface area (Å²) in [6, 6.07) is 7.84. The van der Waals surface area contributed by atoms with E-state index in [-0.39, 0.29) is 12.1 Å². The first-order chi connectivity index (χ1) is 10.3. The van der Waals surface area contributed by atoms with E-state index >= 15 is 0 Å². The Morgan fingerprint density at radius 3 is 2.82 bits per heavy atom. The minimum atomic E-state index is -0.940. The zero-order valence-electron chi connectivity index (χ0n) is 13.6. The van der Waals surface area contributed by atoms with Gasteiger partial charge in [-0.05, 0) is 57.6 Å². The number of nitrogens with zero attached hydrogens (tertiary/aromatic N) is 1. The van der Waals surface area contributed by atoms with E-state index in [4.69, 9.17) is 4.74 Å². The summed E-state index contributed by atoms with van der Waals surface area (Å²) in [5.74, 6) is 0. The van der Waals surface area contributed by atoms with E-state index in [2.05, 4.69) is 6.07 Å². The van der Waals surface area contributed by atoms with Crippen LogP contribution in [0, 0.1) is 0 Å². The lowest BCUT2D eigenvalue weighted by molar-refractivity contribution is -0.0471. The molecule has 4 heteroatoms. The molecule has 22 heavy (non-hydrogen) atoms. The topological polar surface area (TPSA) is 49.8 Å². The molecule has 120 valence electrons. The van der Waals surface area contributed by atoms with Gasteiger partial charge in [0.2, 0.25) is 0 Å². The number of amides is 1. The lowest BCUT2D eigenvalue weighted by Crippen LogP contribution is -2.50. The van der Waals surface area contributed by atoms with Crippen molar-refractivity contribution in [1.29, 1.82) is 0 Å². The Hall–Kier alpha value is -1.55. The fraction of sp³-hybridized carbons (Fsp3) is 0.611. The summed E-state index contributed by atoms with van der Waals surface area (Å²) in [6.07, 6.45) is 2.97. The fourth-order valence-corrected chi connectivity index (χ4v) is 3.77. The molecule has 0 saturated carbocycles. The molecule has 1 heterocycles. The van der Waals surface area contributed by atoms with Crippen molar-refractivity contribution in [1.82, 2.24) is 4.90 Å². The van der Waals surface area contributed by atoms with Gasteiger partial charge >= 0.3 is 6.09 Å². The number of likely N-dealkylation sites (tertiary alicyclic amines) is 1. The number of ether oxygens (including phenoxy) is 1. The number of carbonyl (C=O) groups is 1. The molecule has 1 saturated heterocycles. The number of benzene rings is 1. The molecular weight excluding hydrogens is 278 g/mol. The normalized spacial score (nSPS) is 27.8. The molecule has 1 amide bonds. The molecule has 0 spiro atoms. The Morgan fingerprint density at radius 1 is 1.36 bits per heavy atom. The Labute approximate surface area is 132 Å². The number of aryl methyl sites for hydroxylation is 1. The van der Waals surface area contributed by atoms with E-state index in [1.165, 1.54) is 5.56 Å². The first kappa shape index (κ1) is 15.3. The summed E-state index contributed by atoms with van der Waals surface area (Å²) < 4.78 is 5.52. The monoisotopic (exact) mass is 303 g/mol.